The molecule has 3 heteroatoms. The van der Waals surface area contributed by atoms with E-state index in [2.05, 4.69) is 11.4 Å². The van der Waals surface area contributed by atoms with Gasteiger partial charge in [0.1, 0.15) is 0 Å². The van der Waals surface area contributed by atoms with Crippen molar-refractivity contribution in [3.8, 4) is 0 Å². The molecule has 2 aromatic carbocycles. The molecule has 0 aromatic heterocycles. The molecule has 0 radical (unpaired) electrons. The van der Waals surface area contributed by atoms with Crippen molar-refractivity contribution in [3.63, 3.8) is 0 Å². The summed E-state index contributed by atoms with van der Waals surface area (Å²) < 4.78 is 0. The molecule has 0 unspecified atom stereocenters. The number of nitrogens with two attached hydrogens (primary N) is 1. The topological polar surface area (TPSA) is 38.0 Å². The molecule has 0 amide bonds. The van der Waals surface area contributed by atoms with Crippen LogP contribution in [0.25, 0.3) is 10.8 Å². The van der Waals surface area contributed by atoms with Crippen LogP contribution in [0.15, 0.2) is 36.4 Å². The Morgan fingerprint density at radius 1 is 1.07 bits per heavy atom. The Morgan fingerprint density at radius 3 is 2.57 bits per heavy atom. The molecule has 0 fully saturated rings. The first-order valence-electron chi connectivity index (χ1n) is 4.43. The lowest BCUT2D eigenvalue weighted by atomic mass is 10.1. The highest BCUT2D eigenvalue weighted by Gasteiger charge is 1.96. The van der Waals surface area contributed by atoms with E-state index in [1.807, 2.05) is 30.3 Å². The van der Waals surface area contributed by atoms with Gasteiger partial charge in [-0.25, -0.2) is 0 Å². The molecular formula is C11H11ClN2. The summed E-state index contributed by atoms with van der Waals surface area (Å²) in [6.07, 6.45) is 0. The van der Waals surface area contributed by atoms with Gasteiger partial charge in [0.25, 0.3) is 0 Å². The highest BCUT2D eigenvalue weighted by molar-refractivity contribution is 6.31. The van der Waals surface area contributed by atoms with Gasteiger partial charge in [-0.05, 0) is 35.0 Å². The summed E-state index contributed by atoms with van der Waals surface area (Å²) in [5.74, 6) is 0. The fourth-order valence-corrected chi connectivity index (χ4v) is 1.62. The second-order valence-corrected chi connectivity index (χ2v) is 3.52. The maximum Gasteiger partial charge on any atom is 0.0628 e. The van der Waals surface area contributed by atoms with Gasteiger partial charge in [0.15, 0.2) is 0 Å². The van der Waals surface area contributed by atoms with Gasteiger partial charge < -0.3 is 11.1 Å². The lowest BCUT2D eigenvalue weighted by Crippen LogP contribution is -2.10. The first-order chi connectivity index (χ1) is 6.79. The SMILES string of the molecule is NCNc1ccc2cc(Cl)ccc2c1. The van der Waals surface area contributed by atoms with Gasteiger partial charge in [0.2, 0.25) is 0 Å². The zero-order valence-corrected chi connectivity index (χ0v) is 8.38. The summed E-state index contributed by atoms with van der Waals surface area (Å²) in [6.45, 7) is 0.444. The van der Waals surface area contributed by atoms with Crippen LogP contribution in [0.3, 0.4) is 0 Å². The van der Waals surface area contributed by atoms with Crippen molar-refractivity contribution in [2.24, 2.45) is 5.73 Å². The number of rotatable bonds is 2. The number of hydrogen-bond acceptors (Lipinski definition) is 2. The minimum atomic E-state index is 0.444. The van der Waals surface area contributed by atoms with Gasteiger partial charge in [-0.1, -0.05) is 23.7 Å². The second-order valence-electron chi connectivity index (χ2n) is 3.09. The van der Waals surface area contributed by atoms with Gasteiger partial charge in [-0.3, -0.25) is 0 Å². The molecule has 2 aromatic rings. The average Bonchev–Trinajstić information content (AvgIpc) is 2.19. The van der Waals surface area contributed by atoms with E-state index >= 15 is 0 Å². The summed E-state index contributed by atoms with van der Waals surface area (Å²) in [6, 6.07) is 11.9. The van der Waals surface area contributed by atoms with Crippen LogP contribution < -0.4 is 11.1 Å². The average molecular weight is 207 g/mol. The maximum absolute atomic E-state index is 5.88. The molecule has 14 heavy (non-hydrogen) atoms. The molecule has 0 atom stereocenters. The first-order valence-corrected chi connectivity index (χ1v) is 4.80. The Morgan fingerprint density at radius 2 is 1.79 bits per heavy atom. The largest absolute Gasteiger partial charge is 0.373 e. The van der Waals surface area contributed by atoms with E-state index < -0.39 is 0 Å². The van der Waals surface area contributed by atoms with E-state index in [4.69, 9.17) is 17.3 Å². The molecule has 0 spiro atoms. The van der Waals surface area contributed by atoms with Gasteiger partial charge in [-0.15, -0.1) is 0 Å². The summed E-state index contributed by atoms with van der Waals surface area (Å²) >= 11 is 5.88. The van der Waals surface area contributed by atoms with Crippen molar-refractivity contribution in [2.45, 2.75) is 0 Å². The fourth-order valence-electron chi connectivity index (χ4n) is 1.44. The van der Waals surface area contributed by atoms with Crippen molar-refractivity contribution in [1.82, 2.24) is 0 Å². The van der Waals surface area contributed by atoms with Crippen LogP contribution in [-0.4, -0.2) is 6.67 Å². The van der Waals surface area contributed by atoms with Crippen molar-refractivity contribution >= 4 is 28.1 Å². The highest BCUT2D eigenvalue weighted by Crippen LogP contribution is 2.22. The van der Waals surface area contributed by atoms with Gasteiger partial charge in [-0.2, -0.15) is 0 Å². The number of anilines is 1. The molecule has 0 saturated carbocycles. The van der Waals surface area contributed by atoms with Crippen LogP contribution >= 0.6 is 11.6 Å². The van der Waals surface area contributed by atoms with Crippen molar-refractivity contribution < 1.29 is 0 Å². The zero-order chi connectivity index (χ0) is 9.97. The van der Waals surface area contributed by atoms with Crippen molar-refractivity contribution in [3.05, 3.63) is 41.4 Å². The third-order valence-electron chi connectivity index (χ3n) is 2.11. The van der Waals surface area contributed by atoms with E-state index in [0.29, 0.717) is 6.67 Å². The van der Waals surface area contributed by atoms with E-state index in [-0.39, 0.29) is 0 Å². The fraction of sp³-hybridized carbons (Fsp3) is 0.0909. The van der Waals surface area contributed by atoms with Crippen LogP contribution in [0.2, 0.25) is 5.02 Å². The molecule has 2 nitrogen and oxygen atoms in total. The van der Waals surface area contributed by atoms with E-state index in [1.165, 1.54) is 0 Å². The van der Waals surface area contributed by atoms with E-state index in [1.54, 1.807) is 0 Å². The predicted octanol–water partition coefficient (Wildman–Crippen LogP) is 2.82. The molecule has 0 bridgehead atoms. The molecule has 72 valence electrons. The standard InChI is InChI=1S/C11H11ClN2/c12-10-3-1-9-6-11(14-7-13)4-2-8(9)5-10/h1-6,14H,7,13H2. The van der Waals surface area contributed by atoms with Gasteiger partial charge in [0.05, 0.1) is 6.67 Å². The van der Waals surface area contributed by atoms with Crippen LogP contribution in [0, 0.1) is 0 Å². The smallest absolute Gasteiger partial charge is 0.0628 e. The lowest BCUT2D eigenvalue weighted by molar-refractivity contribution is 1.15. The first kappa shape index (κ1) is 9.31. The van der Waals surface area contributed by atoms with Crippen LogP contribution in [0.5, 0.6) is 0 Å². The van der Waals surface area contributed by atoms with E-state index in [0.717, 1.165) is 21.5 Å². The Kier molecular flexibility index (Phi) is 2.57. The molecule has 0 aliphatic carbocycles. The van der Waals surface area contributed by atoms with Gasteiger partial charge in [0, 0.05) is 10.7 Å². The number of nitrogens with one attached hydrogen (secondary N) is 1. The molecule has 0 aliphatic heterocycles. The van der Waals surface area contributed by atoms with E-state index in [9.17, 15) is 0 Å². The maximum atomic E-state index is 5.88. The van der Waals surface area contributed by atoms with Crippen LogP contribution in [0.1, 0.15) is 0 Å². The van der Waals surface area contributed by atoms with Crippen LogP contribution in [0.4, 0.5) is 5.69 Å². The number of hydrogen-bond donors (Lipinski definition) is 2. The molecular weight excluding hydrogens is 196 g/mol. The Hall–Kier alpha value is -1.25. The molecule has 0 aliphatic rings. The third-order valence-corrected chi connectivity index (χ3v) is 2.34. The molecule has 0 heterocycles. The summed E-state index contributed by atoms with van der Waals surface area (Å²) in [5.41, 5.74) is 6.43. The predicted molar refractivity (Wildman–Crippen MR) is 61.6 cm³/mol. The van der Waals surface area contributed by atoms with Crippen LogP contribution in [-0.2, 0) is 0 Å². The summed E-state index contributed by atoms with van der Waals surface area (Å²) in [7, 11) is 0. The van der Waals surface area contributed by atoms with Crippen molar-refractivity contribution in [1.29, 1.82) is 0 Å². The quantitative estimate of drug-likeness (QED) is 0.742. The lowest BCUT2D eigenvalue weighted by Gasteiger charge is -2.04. The second kappa shape index (κ2) is 3.86. The summed E-state index contributed by atoms with van der Waals surface area (Å²) in [4.78, 5) is 0. The van der Waals surface area contributed by atoms with Crippen molar-refractivity contribution in [2.75, 3.05) is 12.0 Å². The Labute approximate surface area is 87.7 Å². The molecule has 3 N–H and O–H groups in total. The highest BCUT2D eigenvalue weighted by atomic mass is 35.5. The number of halogens is 1. The Bertz CT molecular complexity index is 454. The molecule has 0 saturated heterocycles. The minimum absolute atomic E-state index is 0.444. The number of benzene rings is 2. The normalized spacial score (nSPS) is 10.4. The Balaban J connectivity index is 2.50. The van der Waals surface area contributed by atoms with Gasteiger partial charge >= 0.3 is 0 Å². The molecule has 2 rings (SSSR count). The summed E-state index contributed by atoms with van der Waals surface area (Å²) in [5, 5.41) is 6.12. The monoisotopic (exact) mass is 206 g/mol. The third kappa shape index (κ3) is 1.81. The zero-order valence-electron chi connectivity index (χ0n) is 7.63. The minimum Gasteiger partial charge on any atom is -0.373 e. The number of fused-ring (bicyclic) bond motifs is 1.